The van der Waals surface area contributed by atoms with Gasteiger partial charge in [-0.05, 0) is 12.1 Å². The van der Waals surface area contributed by atoms with Crippen LogP contribution in [0.15, 0.2) is 40.6 Å². The molecule has 14 heteroatoms. The number of nitrogens with zero attached hydrogens (tertiary/aromatic N) is 4. The molecule has 4 N–H and O–H groups in total. The first-order chi connectivity index (χ1) is 15.1. The fraction of sp³-hybridized carbons (Fsp3) is 0.389. The molecule has 14 nitrogen and oxygen atoms in total. The summed E-state index contributed by atoms with van der Waals surface area (Å²) in [6, 6.07) is 7.00. The topological polar surface area (TPSA) is 207 Å². The quantitative estimate of drug-likeness (QED) is 0.278. The van der Waals surface area contributed by atoms with Gasteiger partial charge in [-0.25, -0.2) is 4.79 Å². The van der Waals surface area contributed by atoms with Crippen molar-refractivity contribution in [2.75, 3.05) is 39.3 Å². The van der Waals surface area contributed by atoms with E-state index in [4.69, 9.17) is 25.2 Å². The van der Waals surface area contributed by atoms with Crippen molar-refractivity contribution in [3.05, 3.63) is 30.3 Å². The zero-order valence-corrected chi connectivity index (χ0v) is 16.7. The summed E-state index contributed by atoms with van der Waals surface area (Å²) in [5.74, 6) is -5.51. The Labute approximate surface area is 181 Å². The van der Waals surface area contributed by atoms with Crippen molar-refractivity contribution in [1.82, 2.24) is 9.80 Å². The van der Waals surface area contributed by atoms with Crippen molar-refractivity contribution in [3.8, 4) is 0 Å². The van der Waals surface area contributed by atoms with Crippen molar-refractivity contribution in [2.24, 2.45) is 10.2 Å². The summed E-state index contributed by atoms with van der Waals surface area (Å²) in [4.78, 5) is 58.1. The molecule has 0 aliphatic carbocycles. The molecule has 0 aromatic heterocycles. The molecule has 0 bridgehead atoms. The second kappa shape index (κ2) is 13.4. The third-order valence-electron chi connectivity index (χ3n) is 3.78. The molecule has 0 radical (unpaired) electrons. The molecule has 1 aromatic carbocycles. The van der Waals surface area contributed by atoms with Gasteiger partial charge in [-0.1, -0.05) is 23.3 Å². The lowest BCUT2D eigenvalue weighted by atomic mass is 10.2. The SMILES string of the molecule is O=C(O)CN(CC(=O)O)CC(COC(=O)N=Nc1ccccc1)N(CC(=O)O)CC(=O)O. The van der Waals surface area contributed by atoms with E-state index in [9.17, 15) is 24.0 Å². The van der Waals surface area contributed by atoms with Crippen LogP contribution in [0, 0.1) is 0 Å². The number of carboxylic acids is 4. The molecule has 1 atom stereocenters. The molecule has 0 saturated carbocycles. The van der Waals surface area contributed by atoms with Crippen LogP contribution in [0.2, 0.25) is 0 Å². The number of carbonyl (C=O) groups is 5. The Morgan fingerprint density at radius 3 is 1.78 bits per heavy atom. The van der Waals surface area contributed by atoms with E-state index in [1.165, 1.54) is 0 Å². The third kappa shape index (κ3) is 11.3. The Morgan fingerprint density at radius 2 is 1.31 bits per heavy atom. The van der Waals surface area contributed by atoms with Crippen LogP contribution in [-0.2, 0) is 23.9 Å². The van der Waals surface area contributed by atoms with Crippen LogP contribution in [0.5, 0.6) is 0 Å². The summed E-state index contributed by atoms with van der Waals surface area (Å²) in [6.45, 7) is -4.02. The third-order valence-corrected chi connectivity index (χ3v) is 3.78. The van der Waals surface area contributed by atoms with Gasteiger partial charge in [0, 0.05) is 6.54 Å². The Kier molecular flexibility index (Phi) is 10.9. The van der Waals surface area contributed by atoms with Crippen LogP contribution in [0.4, 0.5) is 10.5 Å². The zero-order valence-electron chi connectivity index (χ0n) is 16.7. The monoisotopic (exact) mass is 454 g/mol. The van der Waals surface area contributed by atoms with Gasteiger partial charge in [-0.2, -0.15) is 0 Å². The van der Waals surface area contributed by atoms with Crippen LogP contribution < -0.4 is 0 Å². The Balaban J connectivity index is 2.99. The first kappa shape index (κ1) is 26.1. The lowest BCUT2D eigenvalue weighted by Crippen LogP contribution is -2.52. The van der Waals surface area contributed by atoms with Gasteiger partial charge in [0.25, 0.3) is 0 Å². The summed E-state index contributed by atoms with van der Waals surface area (Å²) in [5.41, 5.74) is 0.355. The highest BCUT2D eigenvalue weighted by Crippen LogP contribution is 2.11. The van der Waals surface area contributed by atoms with Crippen LogP contribution in [0.1, 0.15) is 0 Å². The maximum atomic E-state index is 11.9. The summed E-state index contributed by atoms with van der Waals surface area (Å²) >= 11 is 0. The molecule has 1 rings (SSSR count). The second-order valence-corrected chi connectivity index (χ2v) is 6.42. The number of aliphatic carboxylic acids is 4. The molecule has 0 spiro atoms. The summed E-state index contributed by atoms with van der Waals surface area (Å²) in [5, 5.41) is 43.1. The highest BCUT2D eigenvalue weighted by Gasteiger charge is 2.28. The Hall–Kier alpha value is -3.91. The standard InChI is InChI=1S/C18H22N4O10/c23-14(24)7-21(8-15(25)26)6-13(22(9-16(27)28)10-17(29)30)11-32-18(31)20-19-12-4-2-1-3-5-12/h1-5,13H,6-11H2,(H,23,24)(H,25,26)(H,27,28)(H,29,30). The summed E-state index contributed by atoms with van der Waals surface area (Å²) in [7, 11) is 0. The molecule has 174 valence electrons. The van der Waals surface area contributed by atoms with Crippen LogP contribution in [0.25, 0.3) is 0 Å². The molecule has 0 saturated heterocycles. The molecule has 0 aliphatic rings. The first-order valence-corrected chi connectivity index (χ1v) is 9.04. The van der Waals surface area contributed by atoms with Crippen molar-refractivity contribution in [1.29, 1.82) is 0 Å². The van der Waals surface area contributed by atoms with E-state index in [2.05, 4.69) is 10.2 Å². The van der Waals surface area contributed by atoms with Crippen molar-refractivity contribution >= 4 is 35.7 Å². The Bertz CT molecular complexity index is 813. The predicted molar refractivity (Wildman–Crippen MR) is 105 cm³/mol. The van der Waals surface area contributed by atoms with Crippen LogP contribution in [0.3, 0.4) is 0 Å². The largest absolute Gasteiger partial charge is 0.480 e. The minimum Gasteiger partial charge on any atom is -0.480 e. The fourth-order valence-electron chi connectivity index (χ4n) is 2.59. The number of hydrogen-bond acceptors (Lipinski definition) is 9. The lowest BCUT2D eigenvalue weighted by molar-refractivity contribution is -0.147. The molecule has 0 aliphatic heterocycles. The number of rotatable bonds is 14. The smallest absolute Gasteiger partial charge is 0.452 e. The number of ether oxygens (including phenoxy) is 1. The summed E-state index contributed by atoms with van der Waals surface area (Å²) in [6.07, 6.45) is -1.16. The fourth-order valence-corrected chi connectivity index (χ4v) is 2.59. The van der Waals surface area contributed by atoms with Crippen molar-refractivity contribution in [2.45, 2.75) is 6.04 Å². The van der Waals surface area contributed by atoms with Gasteiger partial charge in [-0.3, -0.25) is 29.0 Å². The average molecular weight is 454 g/mol. The van der Waals surface area contributed by atoms with E-state index in [0.29, 0.717) is 5.69 Å². The van der Waals surface area contributed by atoms with Crippen LogP contribution in [-0.4, -0.2) is 106 Å². The average Bonchev–Trinajstić information content (AvgIpc) is 2.68. The number of amides is 1. The minimum absolute atomic E-state index is 0.355. The first-order valence-electron chi connectivity index (χ1n) is 9.04. The highest BCUT2D eigenvalue weighted by molar-refractivity contribution is 5.73. The lowest BCUT2D eigenvalue weighted by Gasteiger charge is -2.32. The van der Waals surface area contributed by atoms with Crippen molar-refractivity contribution < 1.29 is 49.1 Å². The number of hydrogen-bond donors (Lipinski definition) is 4. The number of benzene rings is 1. The number of carboxylic acid groups (broad SMARTS) is 4. The predicted octanol–water partition coefficient (Wildman–Crippen LogP) is 0.218. The zero-order chi connectivity index (χ0) is 24.1. The van der Waals surface area contributed by atoms with Gasteiger partial charge in [0.1, 0.15) is 6.61 Å². The minimum atomic E-state index is -1.39. The molecule has 1 unspecified atom stereocenters. The van der Waals surface area contributed by atoms with E-state index in [1.807, 2.05) is 0 Å². The highest BCUT2D eigenvalue weighted by atomic mass is 16.5. The van der Waals surface area contributed by atoms with E-state index in [1.54, 1.807) is 30.3 Å². The Morgan fingerprint density at radius 1 is 0.812 bits per heavy atom. The van der Waals surface area contributed by atoms with E-state index in [-0.39, 0.29) is 0 Å². The molecule has 0 fully saturated rings. The summed E-state index contributed by atoms with van der Waals surface area (Å²) < 4.78 is 4.93. The van der Waals surface area contributed by atoms with E-state index < -0.39 is 75.3 Å². The van der Waals surface area contributed by atoms with E-state index in [0.717, 1.165) is 9.80 Å². The van der Waals surface area contributed by atoms with Crippen LogP contribution >= 0.6 is 0 Å². The van der Waals surface area contributed by atoms with Crippen molar-refractivity contribution in [3.63, 3.8) is 0 Å². The van der Waals surface area contributed by atoms with E-state index >= 15 is 0 Å². The van der Waals surface area contributed by atoms with Gasteiger partial charge in [0.2, 0.25) is 0 Å². The normalized spacial score (nSPS) is 12.1. The number of azo groups is 1. The molecule has 0 heterocycles. The van der Waals surface area contributed by atoms with Gasteiger partial charge in [0.15, 0.2) is 0 Å². The number of carbonyl (C=O) groups excluding carboxylic acids is 1. The molecule has 1 amide bonds. The van der Waals surface area contributed by atoms with Gasteiger partial charge < -0.3 is 25.2 Å². The maximum Gasteiger partial charge on any atom is 0.452 e. The second-order valence-electron chi connectivity index (χ2n) is 6.42. The maximum absolute atomic E-state index is 11.9. The van der Waals surface area contributed by atoms with Gasteiger partial charge in [-0.15, -0.1) is 5.11 Å². The van der Waals surface area contributed by atoms with Gasteiger partial charge in [0.05, 0.1) is 37.9 Å². The van der Waals surface area contributed by atoms with Gasteiger partial charge >= 0.3 is 30.0 Å². The molecule has 1 aromatic rings. The molecular formula is C18H22N4O10. The molecule has 32 heavy (non-hydrogen) atoms. The molecular weight excluding hydrogens is 432 g/mol.